The van der Waals surface area contributed by atoms with E-state index in [1.165, 1.54) is 27.8 Å². The maximum atomic E-state index is 3.98. The van der Waals surface area contributed by atoms with E-state index in [1.54, 1.807) is 0 Å². The molecule has 1 unspecified atom stereocenters. The number of hydrogen-bond acceptors (Lipinski definition) is 0. The lowest BCUT2D eigenvalue weighted by molar-refractivity contribution is 0.762. The molecule has 1 aromatic carbocycles. The van der Waals surface area contributed by atoms with E-state index >= 15 is 0 Å². The third kappa shape index (κ3) is 3.39. The van der Waals surface area contributed by atoms with Crippen LogP contribution in [-0.2, 0) is 5.41 Å². The largest absolute Gasteiger partial charge is 0.0991 e. The standard InChI is InChI=1S/C28H30/c1-7-13-19-23(17-9-3)28(22(11-5)16-8-2)26(12-6)24(18-10-4)25-20-14-15-21-27(25)28/h7-21H,1,3-4H2,2,5-6H3/b16-8-,19-13-,22-11+,23-17+,24-18-,26-12+. The summed E-state index contributed by atoms with van der Waals surface area (Å²) in [5.41, 5.74) is 6.92. The third-order valence-electron chi connectivity index (χ3n) is 5.12. The smallest absolute Gasteiger partial charge is 0.0707 e. The molecule has 1 aliphatic rings. The number of benzene rings is 1. The molecule has 0 aromatic heterocycles. The maximum absolute atomic E-state index is 3.98. The summed E-state index contributed by atoms with van der Waals surface area (Å²) < 4.78 is 0. The second-order valence-electron chi connectivity index (χ2n) is 6.51. The first-order valence-electron chi connectivity index (χ1n) is 9.68. The minimum absolute atomic E-state index is 0.421. The normalized spacial score (nSPS) is 23.0. The summed E-state index contributed by atoms with van der Waals surface area (Å²) in [6.45, 7) is 18.1. The molecule has 0 heteroatoms. The Labute approximate surface area is 170 Å². The Hall–Kier alpha value is -3.12. The Kier molecular flexibility index (Phi) is 7.35. The van der Waals surface area contributed by atoms with Crippen LogP contribution >= 0.6 is 0 Å². The molecule has 142 valence electrons. The predicted molar refractivity (Wildman–Crippen MR) is 126 cm³/mol. The van der Waals surface area contributed by atoms with Gasteiger partial charge in [-0.25, -0.2) is 0 Å². The SMILES string of the molecule is C=C/C=C\C(=C/C=C)C1(C(/C=C\C)=C/C)C(=C/C)/C(=C\C=C)c2ccccc21. The van der Waals surface area contributed by atoms with Crippen molar-refractivity contribution < 1.29 is 0 Å². The van der Waals surface area contributed by atoms with Crippen molar-refractivity contribution in [3.63, 3.8) is 0 Å². The zero-order chi connectivity index (χ0) is 20.6. The van der Waals surface area contributed by atoms with Gasteiger partial charge in [0.05, 0.1) is 5.41 Å². The molecule has 0 bridgehead atoms. The molecule has 0 nitrogen and oxygen atoms in total. The van der Waals surface area contributed by atoms with Gasteiger partial charge in [0.15, 0.2) is 0 Å². The number of rotatable bonds is 7. The van der Waals surface area contributed by atoms with Gasteiger partial charge >= 0.3 is 0 Å². The molecule has 0 fully saturated rings. The average Bonchev–Trinajstić information content (AvgIpc) is 3.00. The van der Waals surface area contributed by atoms with Crippen LogP contribution in [0.5, 0.6) is 0 Å². The summed E-state index contributed by atoms with van der Waals surface area (Å²) in [7, 11) is 0. The molecule has 0 spiro atoms. The van der Waals surface area contributed by atoms with Crippen LogP contribution in [0.2, 0.25) is 0 Å². The van der Waals surface area contributed by atoms with Gasteiger partial charge in [-0.05, 0) is 54.2 Å². The highest BCUT2D eigenvalue weighted by Crippen LogP contribution is 2.58. The van der Waals surface area contributed by atoms with Gasteiger partial charge < -0.3 is 0 Å². The molecule has 0 saturated heterocycles. The van der Waals surface area contributed by atoms with E-state index < -0.39 is 5.41 Å². The summed E-state index contributed by atoms with van der Waals surface area (Å²) in [5.74, 6) is 0. The Balaban J connectivity index is 3.12. The van der Waals surface area contributed by atoms with Crippen LogP contribution in [0.4, 0.5) is 0 Å². The molecule has 1 aliphatic carbocycles. The Morgan fingerprint density at radius 3 is 2.21 bits per heavy atom. The van der Waals surface area contributed by atoms with E-state index in [9.17, 15) is 0 Å². The van der Waals surface area contributed by atoms with E-state index in [-0.39, 0.29) is 0 Å². The van der Waals surface area contributed by atoms with Crippen molar-refractivity contribution in [3.8, 4) is 0 Å². The molecular weight excluding hydrogens is 336 g/mol. The monoisotopic (exact) mass is 366 g/mol. The first-order chi connectivity index (χ1) is 13.7. The molecule has 2 rings (SSSR count). The highest BCUT2D eigenvalue weighted by Gasteiger charge is 2.48. The Morgan fingerprint density at radius 1 is 0.893 bits per heavy atom. The minimum atomic E-state index is -0.421. The molecule has 0 amide bonds. The van der Waals surface area contributed by atoms with Crippen LogP contribution in [-0.4, -0.2) is 0 Å². The van der Waals surface area contributed by atoms with E-state index in [0.717, 1.165) is 5.57 Å². The summed E-state index contributed by atoms with van der Waals surface area (Å²) >= 11 is 0. The first-order valence-corrected chi connectivity index (χ1v) is 9.68. The maximum Gasteiger partial charge on any atom is 0.0707 e. The second kappa shape index (κ2) is 9.71. The Morgan fingerprint density at radius 2 is 1.64 bits per heavy atom. The molecule has 0 heterocycles. The molecule has 0 N–H and O–H groups in total. The van der Waals surface area contributed by atoms with Gasteiger partial charge in [0.1, 0.15) is 0 Å². The highest BCUT2D eigenvalue weighted by atomic mass is 14.5. The summed E-state index contributed by atoms with van der Waals surface area (Å²) in [5, 5.41) is 0. The van der Waals surface area contributed by atoms with Gasteiger partial charge in [0, 0.05) is 0 Å². The molecule has 28 heavy (non-hydrogen) atoms. The fraction of sp³-hybridized carbons (Fsp3) is 0.143. The predicted octanol–water partition coefficient (Wildman–Crippen LogP) is 7.83. The molecule has 0 saturated carbocycles. The number of hydrogen-bond donors (Lipinski definition) is 0. The van der Waals surface area contributed by atoms with Crippen LogP contribution < -0.4 is 0 Å². The van der Waals surface area contributed by atoms with E-state index in [0.29, 0.717) is 0 Å². The van der Waals surface area contributed by atoms with Gasteiger partial charge in [-0.2, -0.15) is 0 Å². The highest BCUT2D eigenvalue weighted by molar-refractivity contribution is 5.95. The van der Waals surface area contributed by atoms with Crippen molar-refractivity contribution in [2.24, 2.45) is 0 Å². The number of fused-ring (bicyclic) bond motifs is 1. The molecule has 0 aliphatic heterocycles. The summed E-state index contributed by atoms with van der Waals surface area (Å²) in [6.07, 6.45) is 22.6. The van der Waals surface area contributed by atoms with E-state index in [4.69, 9.17) is 0 Å². The quantitative estimate of drug-likeness (QED) is 0.431. The van der Waals surface area contributed by atoms with E-state index in [1.807, 2.05) is 24.3 Å². The lowest BCUT2D eigenvalue weighted by Gasteiger charge is -2.36. The van der Waals surface area contributed by atoms with E-state index in [2.05, 4.69) is 107 Å². The van der Waals surface area contributed by atoms with Gasteiger partial charge in [-0.3, -0.25) is 0 Å². The fourth-order valence-corrected chi connectivity index (χ4v) is 4.22. The zero-order valence-corrected chi connectivity index (χ0v) is 17.3. The van der Waals surface area contributed by atoms with Gasteiger partial charge in [0.25, 0.3) is 0 Å². The van der Waals surface area contributed by atoms with Crippen LogP contribution in [0.1, 0.15) is 31.9 Å². The zero-order valence-electron chi connectivity index (χ0n) is 17.3. The van der Waals surface area contributed by atoms with Crippen LogP contribution in [0.3, 0.4) is 0 Å². The Bertz CT molecular complexity index is 934. The van der Waals surface area contributed by atoms with Crippen molar-refractivity contribution in [2.75, 3.05) is 0 Å². The molecule has 0 radical (unpaired) electrons. The lowest BCUT2D eigenvalue weighted by atomic mass is 9.65. The number of allylic oxidation sites excluding steroid dienone is 15. The van der Waals surface area contributed by atoms with Crippen LogP contribution in [0, 0.1) is 0 Å². The lowest BCUT2D eigenvalue weighted by Crippen LogP contribution is -2.29. The summed E-state index contributed by atoms with van der Waals surface area (Å²) in [6, 6.07) is 8.64. The van der Waals surface area contributed by atoms with Gasteiger partial charge in [0.2, 0.25) is 0 Å². The van der Waals surface area contributed by atoms with Gasteiger partial charge in [-0.1, -0.05) is 111 Å². The average molecular weight is 367 g/mol. The fourth-order valence-electron chi connectivity index (χ4n) is 4.22. The summed E-state index contributed by atoms with van der Waals surface area (Å²) in [4.78, 5) is 0. The molecule has 1 atom stereocenters. The van der Waals surface area contributed by atoms with Crippen molar-refractivity contribution >= 4 is 5.57 Å². The molecule has 1 aromatic rings. The van der Waals surface area contributed by atoms with Crippen LogP contribution in [0.15, 0.2) is 128 Å². The third-order valence-corrected chi connectivity index (χ3v) is 5.12. The molecular formula is C28H30. The first kappa shape index (κ1) is 21.2. The van der Waals surface area contributed by atoms with Gasteiger partial charge in [-0.15, -0.1) is 0 Å². The van der Waals surface area contributed by atoms with Crippen molar-refractivity contribution in [1.82, 2.24) is 0 Å². The van der Waals surface area contributed by atoms with Crippen LogP contribution in [0.25, 0.3) is 5.57 Å². The topological polar surface area (TPSA) is 0 Å². The minimum Gasteiger partial charge on any atom is -0.0991 e. The van der Waals surface area contributed by atoms with Crippen molar-refractivity contribution in [1.29, 1.82) is 0 Å². The second-order valence-corrected chi connectivity index (χ2v) is 6.51. The van der Waals surface area contributed by atoms with Crippen molar-refractivity contribution in [2.45, 2.75) is 26.2 Å². The van der Waals surface area contributed by atoms with Crippen molar-refractivity contribution in [3.05, 3.63) is 139 Å².